The highest BCUT2D eigenvalue weighted by atomic mass is 32.2. The Morgan fingerprint density at radius 1 is 1.32 bits per heavy atom. The van der Waals surface area contributed by atoms with Gasteiger partial charge in [0.25, 0.3) is 15.9 Å². The van der Waals surface area contributed by atoms with Crippen molar-refractivity contribution < 1.29 is 22.8 Å². The van der Waals surface area contributed by atoms with Crippen molar-refractivity contribution >= 4 is 27.8 Å². The van der Waals surface area contributed by atoms with Gasteiger partial charge in [0.05, 0.1) is 4.90 Å². The number of hydroxylamine groups is 1. The summed E-state index contributed by atoms with van der Waals surface area (Å²) in [6.45, 7) is 0.229. The quantitative estimate of drug-likeness (QED) is 0.487. The number of rotatable bonds is 4. The van der Waals surface area contributed by atoms with E-state index in [0.29, 0.717) is 17.8 Å². The van der Waals surface area contributed by atoms with Gasteiger partial charge in [0.2, 0.25) is 0 Å². The van der Waals surface area contributed by atoms with Crippen LogP contribution in [0.4, 0.5) is 10.2 Å². The summed E-state index contributed by atoms with van der Waals surface area (Å²) in [5, 5.41) is 8.45. The Kier molecular flexibility index (Phi) is 4.51. The first-order valence-corrected chi connectivity index (χ1v) is 8.75. The second-order valence-corrected chi connectivity index (χ2v) is 7.20. The SMILES string of the molecule is O=C(/C=C/c1cnc2c(c1)CCN2S(=O)(=O)c1ccc(F)cc1)NO. The molecular weight excluding hydrogens is 349 g/mol. The maximum Gasteiger partial charge on any atom is 0.267 e. The summed E-state index contributed by atoms with van der Waals surface area (Å²) in [4.78, 5) is 15.2. The van der Waals surface area contributed by atoms with E-state index in [4.69, 9.17) is 5.21 Å². The maximum absolute atomic E-state index is 13.0. The Bertz CT molecular complexity index is 942. The first-order valence-electron chi connectivity index (χ1n) is 7.31. The molecule has 0 spiro atoms. The van der Waals surface area contributed by atoms with Crippen LogP contribution in [0.25, 0.3) is 6.08 Å². The van der Waals surface area contributed by atoms with Gasteiger partial charge in [-0.25, -0.2) is 27.6 Å². The lowest BCUT2D eigenvalue weighted by Gasteiger charge is -2.18. The molecule has 2 aromatic rings. The van der Waals surface area contributed by atoms with E-state index in [0.717, 1.165) is 23.8 Å². The van der Waals surface area contributed by atoms with Crippen LogP contribution < -0.4 is 9.79 Å². The number of nitrogens with one attached hydrogen (secondary N) is 1. The van der Waals surface area contributed by atoms with E-state index in [1.165, 1.54) is 34.2 Å². The van der Waals surface area contributed by atoms with Gasteiger partial charge in [-0.05, 0) is 54.0 Å². The minimum atomic E-state index is -3.82. The molecule has 25 heavy (non-hydrogen) atoms. The maximum atomic E-state index is 13.0. The van der Waals surface area contributed by atoms with Gasteiger partial charge in [0.1, 0.15) is 11.6 Å². The lowest BCUT2D eigenvalue weighted by atomic mass is 10.1. The van der Waals surface area contributed by atoms with Gasteiger partial charge in [-0.1, -0.05) is 0 Å². The van der Waals surface area contributed by atoms with Crippen molar-refractivity contribution in [2.45, 2.75) is 11.3 Å². The second kappa shape index (κ2) is 6.61. The van der Waals surface area contributed by atoms with E-state index in [1.54, 1.807) is 6.07 Å². The molecule has 0 fully saturated rings. The molecule has 9 heteroatoms. The van der Waals surface area contributed by atoms with Gasteiger partial charge in [-0.15, -0.1) is 0 Å². The number of hydrogen-bond acceptors (Lipinski definition) is 5. The van der Waals surface area contributed by atoms with Crippen LogP contribution in [-0.4, -0.2) is 31.1 Å². The van der Waals surface area contributed by atoms with Crippen LogP contribution in [0.15, 0.2) is 47.5 Å². The molecule has 1 aliphatic rings. The third-order valence-corrected chi connectivity index (χ3v) is 5.53. The van der Waals surface area contributed by atoms with Crippen molar-refractivity contribution in [2.75, 3.05) is 10.8 Å². The predicted molar refractivity (Wildman–Crippen MR) is 87.8 cm³/mol. The van der Waals surface area contributed by atoms with E-state index in [-0.39, 0.29) is 11.4 Å². The van der Waals surface area contributed by atoms with Crippen LogP contribution in [-0.2, 0) is 21.2 Å². The molecule has 130 valence electrons. The zero-order chi connectivity index (χ0) is 18.0. The molecule has 7 nitrogen and oxygen atoms in total. The predicted octanol–water partition coefficient (Wildman–Crippen LogP) is 1.49. The standard InChI is InChI=1S/C16H14FN3O4S/c17-13-2-4-14(5-3-13)25(23,24)20-8-7-12-9-11(10-18-16(12)20)1-6-15(21)19-22/h1-6,9-10,22H,7-8H2,(H,19,21)/b6-1+. The van der Waals surface area contributed by atoms with Crippen molar-refractivity contribution in [1.82, 2.24) is 10.5 Å². The summed E-state index contributed by atoms with van der Waals surface area (Å²) in [6.07, 6.45) is 4.48. The van der Waals surface area contributed by atoms with Gasteiger partial charge in [0, 0.05) is 18.8 Å². The van der Waals surface area contributed by atoms with E-state index < -0.39 is 21.7 Å². The molecular formula is C16H14FN3O4S. The molecule has 0 bridgehead atoms. The number of hydrogen-bond donors (Lipinski definition) is 2. The average molecular weight is 363 g/mol. The molecule has 3 rings (SSSR count). The van der Waals surface area contributed by atoms with Gasteiger partial charge in [-0.2, -0.15) is 0 Å². The second-order valence-electron chi connectivity index (χ2n) is 5.34. The zero-order valence-corrected chi connectivity index (χ0v) is 13.7. The molecule has 0 saturated carbocycles. The highest BCUT2D eigenvalue weighted by Gasteiger charge is 2.32. The number of anilines is 1. The van der Waals surface area contributed by atoms with E-state index >= 15 is 0 Å². The van der Waals surface area contributed by atoms with Crippen molar-refractivity contribution in [3.8, 4) is 0 Å². The van der Waals surface area contributed by atoms with Crippen molar-refractivity contribution in [3.05, 3.63) is 59.5 Å². The molecule has 0 aliphatic carbocycles. The summed E-state index contributed by atoms with van der Waals surface area (Å²) in [7, 11) is -3.82. The molecule has 1 aliphatic heterocycles. The molecule has 0 unspecified atom stereocenters. The Morgan fingerprint density at radius 2 is 2.04 bits per heavy atom. The van der Waals surface area contributed by atoms with Gasteiger partial charge in [-0.3, -0.25) is 10.0 Å². The number of carbonyl (C=O) groups is 1. The van der Waals surface area contributed by atoms with Crippen LogP contribution in [0.5, 0.6) is 0 Å². The van der Waals surface area contributed by atoms with Crippen molar-refractivity contribution in [3.63, 3.8) is 0 Å². The number of halogens is 1. The summed E-state index contributed by atoms with van der Waals surface area (Å²) < 4.78 is 39.6. The van der Waals surface area contributed by atoms with Gasteiger partial charge < -0.3 is 0 Å². The molecule has 1 aromatic carbocycles. The fraction of sp³-hybridized carbons (Fsp3) is 0.125. The van der Waals surface area contributed by atoms with Crippen molar-refractivity contribution in [2.24, 2.45) is 0 Å². The highest BCUT2D eigenvalue weighted by molar-refractivity contribution is 7.92. The van der Waals surface area contributed by atoms with E-state index in [9.17, 15) is 17.6 Å². The number of carbonyl (C=O) groups excluding carboxylic acids is 1. The number of sulfonamides is 1. The van der Waals surface area contributed by atoms with Gasteiger partial charge >= 0.3 is 0 Å². The zero-order valence-electron chi connectivity index (χ0n) is 12.9. The summed E-state index contributed by atoms with van der Waals surface area (Å²) >= 11 is 0. The van der Waals surface area contributed by atoms with Crippen LogP contribution in [0, 0.1) is 5.82 Å². The third kappa shape index (κ3) is 3.37. The minimum absolute atomic E-state index is 0.00728. The molecule has 0 radical (unpaired) electrons. The number of nitrogens with zero attached hydrogens (tertiary/aromatic N) is 2. The third-order valence-electron chi connectivity index (χ3n) is 3.72. The minimum Gasteiger partial charge on any atom is -0.288 e. The fourth-order valence-corrected chi connectivity index (χ4v) is 3.98. The van der Waals surface area contributed by atoms with E-state index in [1.807, 2.05) is 0 Å². The summed E-state index contributed by atoms with van der Waals surface area (Å²) in [5.74, 6) is -0.878. The Labute approximate surface area is 143 Å². The van der Waals surface area contributed by atoms with Crippen molar-refractivity contribution in [1.29, 1.82) is 0 Å². The lowest BCUT2D eigenvalue weighted by Crippen LogP contribution is -2.29. The average Bonchev–Trinajstić information content (AvgIpc) is 3.04. The van der Waals surface area contributed by atoms with E-state index in [2.05, 4.69) is 4.98 Å². The first kappa shape index (κ1) is 17.1. The smallest absolute Gasteiger partial charge is 0.267 e. The summed E-state index contributed by atoms with van der Waals surface area (Å²) in [6, 6.07) is 6.35. The molecule has 2 heterocycles. The Hall–Kier alpha value is -2.78. The number of aromatic nitrogens is 1. The topological polar surface area (TPSA) is 99.6 Å². The normalized spacial score (nSPS) is 13.9. The monoisotopic (exact) mass is 363 g/mol. The molecule has 0 saturated heterocycles. The largest absolute Gasteiger partial charge is 0.288 e. The fourth-order valence-electron chi connectivity index (χ4n) is 2.53. The highest BCUT2D eigenvalue weighted by Crippen LogP contribution is 2.31. The van der Waals surface area contributed by atoms with Crippen LogP contribution in [0.1, 0.15) is 11.1 Å². The van der Waals surface area contributed by atoms with Crippen LogP contribution in [0.3, 0.4) is 0 Å². The Morgan fingerprint density at radius 3 is 2.72 bits per heavy atom. The van der Waals surface area contributed by atoms with Crippen LogP contribution >= 0.6 is 0 Å². The summed E-state index contributed by atoms with van der Waals surface area (Å²) in [5.41, 5.74) is 2.80. The number of amides is 1. The molecule has 2 N–H and O–H groups in total. The number of fused-ring (bicyclic) bond motifs is 1. The number of benzene rings is 1. The van der Waals surface area contributed by atoms with Crippen LogP contribution in [0.2, 0.25) is 0 Å². The molecule has 1 aromatic heterocycles. The molecule has 0 atom stereocenters. The Balaban J connectivity index is 1.90. The first-order chi connectivity index (χ1) is 11.9. The number of pyridine rings is 1. The van der Waals surface area contributed by atoms with Gasteiger partial charge in [0.15, 0.2) is 0 Å². The molecule has 1 amide bonds. The lowest BCUT2D eigenvalue weighted by molar-refractivity contribution is -0.124.